The maximum atomic E-state index is 12.2. The molecule has 0 spiro atoms. The number of rotatable bonds is 11. The average Bonchev–Trinajstić information content (AvgIpc) is 3.68. The Kier molecular flexibility index (Phi) is 14.4. The number of hydrogen-bond donors (Lipinski definition) is 1. The Morgan fingerprint density at radius 2 is 1.48 bits per heavy atom. The Morgan fingerprint density at radius 1 is 0.857 bits per heavy atom. The molecule has 1 radical (unpaired) electrons. The van der Waals surface area contributed by atoms with Gasteiger partial charge in [0.25, 0.3) is 0 Å². The van der Waals surface area contributed by atoms with Gasteiger partial charge in [-0.3, -0.25) is 9.78 Å². The molecule has 6 heteroatoms. The van der Waals surface area contributed by atoms with E-state index in [1.165, 1.54) is 43.1 Å². The number of carbonyl (C=O) groups is 1. The Morgan fingerprint density at radius 3 is 2.09 bits per heavy atom. The van der Waals surface area contributed by atoms with Gasteiger partial charge in [0.2, 0.25) is 0 Å². The van der Waals surface area contributed by atoms with Crippen molar-refractivity contribution in [1.29, 1.82) is 0 Å². The Labute approximate surface area is 353 Å². The van der Waals surface area contributed by atoms with Crippen molar-refractivity contribution in [3.63, 3.8) is 0 Å². The maximum absolute atomic E-state index is 12.2. The molecule has 0 fully saturated rings. The van der Waals surface area contributed by atoms with Gasteiger partial charge in [-0.05, 0) is 80.4 Å². The van der Waals surface area contributed by atoms with Crippen molar-refractivity contribution in [1.82, 2.24) is 4.98 Å². The van der Waals surface area contributed by atoms with Crippen LogP contribution in [0.4, 0.5) is 0 Å². The summed E-state index contributed by atoms with van der Waals surface area (Å²) in [4.78, 5) is 18.5. The number of hydrogen-bond acceptors (Lipinski definition) is 5. The smallest absolute Gasteiger partial charge is 0.164 e. The maximum Gasteiger partial charge on any atom is 0.164 e. The van der Waals surface area contributed by atoms with Gasteiger partial charge in [0.05, 0.1) is 0 Å². The monoisotopic (exact) mass is 949 g/mol. The minimum Gasteiger partial charge on any atom is -0.512 e. The van der Waals surface area contributed by atoms with E-state index in [0.717, 1.165) is 71.0 Å². The van der Waals surface area contributed by atoms with Crippen LogP contribution in [0.3, 0.4) is 0 Å². The number of ketones is 1. The zero-order valence-electron chi connectivity index (χ0n) is 35.9. The first-order valence-electron chi connectivity index (χ1n) is 20.2. The minimum absolute atomic E-state index is 0. The Bertz CT molecular complexity index is 2340. The molecule has 0 aliphatic rings. The van der Waals surface area contributed by atoms with Crippen molar-refractivity contribution in [2.75, 3.05) is 0 Å². The number of allylic oxidation sites excluding steroid dienone is 2. The summed E-state index contributed by atoms with van der Waals surface area (Å²) in [6, 6.07) is 23.1. The Balaban J connectivity index is 0.000000330. The normalized spacial score (nSPS) is 12.6. The van der Waals surface area contributed by atoms with E-state index in [-0.39, 0.29) is 47.9 Å². The van der Waals surface area contributed by atoms with Crippen LogP contribution >= 0.6 is 11.3 Å². The molecule has 0 unspecified atom stereocenters. The van der Waals surface area contributed by atoms with E-state index >= 15 is 0 Å². The van der Waals surface area contributed by atoms with Crippen LogP contribution in [0.1, 0.15) is 123 Å². The van der Waals surface area contributed by atoms with Crippen LogP contribution in [0, 0.1) is 36.7 Å². The quantitative estimate of drug-likeness (QED) is 0.0798. The molecule has 6 aromatic rings. The molecule has 3 aromatic heterocycles. The van der Waals surface area contributed by atoms with Gasteiger partial charge >= 0.3 is 0 Å². The third-order valence-corrected chi connectivity index (χ3v) is 13.6. The van der Waals surface area contributed by atoms with Gasteiger partial charge in [0.15, 0.2) is 5.78 Å². The fourth-order valence-electron chi connectivity index (χ4n) is 7.29. The molecular formula is C50H62IrNO3S-. The first kappa shape index (κ1) is 45.1. The second-order valence-corrected chi connectivity index (χ2v) is 18.4. The minimum atomic E-state index is -0.337. The first-order chi connectivity index (χ1) is 25.9. The largest absolute Gasteiger partial charge is 0.512 e. The number of aromatic nitrogens is 1. The molecule has 0 saturated carbocycles. The van der Waals surface area contributed by atoms with Crippen molar-refractivity contribution in [3.05, 3.63) is 100 Å². The predicted octanol–water partition coefficient (Wildman–Crippen LogP) is 15.1. The van der Waals surface area contributed by atoms with Crippen LogP contribution in [-0.2, 0) is 36.7 Å². The molecule has 0 amide bonds. The average molecular weight is 949 g/mol. The summed E-state index contributed by atoms with van der Waals surface area (Å²) in [5, 5.41) is 14.9. The van der Waals surface area contributed by atoms with E-state index in [4.69, 9.17) is 9.40 Å². The molecule has 0 bridgehead atoms. The van der Waals surface area contributed by atoms with Gasteiger partial charge in [-0.25, -0.2) is 0 Å². The predicted molar refractivity (Wildman–Crippen MR) is 236 cm³/mol. The molecule has 56 heavy (non-hydrogen) atoms. The number of carbonyl (C=O) groups excluding carboxylic acids is 1. The SMILES string of the molecule is CCC(C)(CC)C(=O)/C=C(\O)C(C)(CC)CC.Cc1c(-c2cccc3c(C)c(CC(C)C)sc23)oc2c(-c3[c-]c4ccccc4c(C(C)(C)C)c3)nccc12.[Ir]. The molecule has 3 heterocycles. The number of furan rings is 1. The molecule has 301 valence electrons. The van der Waals surface area contributed by atoms with Crippen molar-refractivity contribution < 1.29 is 34.4 Å². The molecular weight excluding hydrogens is 887 g/mol. The van der Waals surface area contributed by atoms with Crippen molar-refractivity contribution in [2.45, 2.75) is 128 Å². The third-order valence-electron chi connectivity index (χ3n) is 12.2. The first-order valence-corrected chi connectivity index (χ1v) is 21.0. The number of nitrogens with zero attached hydrogens (tertiary/aromatic N) is 1. The van der Waals surface area contributed by atoms with E-state index in [0.29, 0.717) is 5.92 Å². The van der Waals surface area contributed by atoms with Crippen molar-refractivity contribution >= 4 is 48.9 Å². The summed E-state index contributed by atoms with van der Waals surface area (Å²) in [5.41, 5.74) is 7.06. The zero-order chi connectivity index (χ0) is 40.5. The van der Waals surface area contributed by atoms with Crippen LogP contribution in [0.25, 0.3) is 54.4 Å². The van der Waals surface area contributed by atoms with E-state index in [1.807, 2.05) is 59.1 Å². The molecule has 0 aliphatic carbocycles. The molecule has 0 atom stereocenters. The number of thiophene rings is 1. The molecule has 1 N–H and O–H groups in total. The van der Waals surface area contributed by atoms with Crippen LogP contribution in [-0.4, -0.2) is 15.9 Å². The zero-order valence-corrected chi connectivity index (χ0v) is 39.1. The summed E-state index contributed by atoms with van der Waals surface area (Å²) in [6.45, 7) is 27.9. The van der Waals surface area contributed by atoms with Gasteiger partial charge in [0.1, 0.15) is 17.1 Å². The number of aryl methyl sites for hydroxylation is 2. The van der Waals surface area contributed by atoms with Crippen LogP contribution < -0.4 is 0 Å². The third kappa shape index (κ3) is 8.94. The fraction of sp³-hybridized carbons (Fsp3) is 0.440. The molecule has 6 rings (SSSR count). The Hall–Kier alpha value is -3.57. The van der Waals surface area contributed by atoms with E-state index in [9.17, 15) is 9.90 Å². The summed E-state index contributed by atoms with van der Waals surface area (Å²) in [7, 11) is 0. The van der Waals surface area contributed by atoms with Crippen molar-refractivity contribution in [2.24, 2.45) is 16.7 Å². The molecule has 0 saturated heterocycles. The number of pyridine rings is 1. The number of aliphatic hydroxyl groups excluding tert-OH is 1. The second-order valence-electron chi connectivity index (χ2n) is 17.3. The number of aliphatic hydroxyl groups is 1. The van der Waals surface area contributed by atoms with Crippen molar-refractivity contribution in [3.8, 4) is 22.6 Å². The summed E-state index contributed by atoms with van der Waals surface area (Å²) < 4.78 is 8.08. The molecule has 0 aliphatic heterocycles. The van der Waals surface area contributed by atoms with Gasteiger partial charge in [0, 0.05) is 75.0 Å². The van der Waals surface area contributed by atoms with E-state index < -0.39 is 0 Å². The fourth-order valence-corrected chi connectivity index (χ4v) is 8.82. The molecule has 3 aromatic carbocycles. The topological polar surface area (TPSA) is 63.3 Å². The van der Waals surface area contributed by atoms with Gasteiger partial charge in [-0.2, -0.15) is 0 Å². The van der Waals surface area contributed by atoms with Crippen LogP contribution in [0.15, 0.2) is 77.0 Å². The van der Waals surface area contributed by atoms with Gasteiger partial charge in [-0.15, -0.1) is 40.5 Å². The second kappa shape index (κ2) is 17.9. The van der Waals surface area contributed by atoms with E-state index in [2.05, 4.69) is 109 Å². The van der Waals surface area contributed by atoms with Gasteiger partial charge < -0.3 is 9.52 Å². The number of benzene rings is 3. The number of fused-ring (bicyclic) bond motifs is 3. The van der Waals surface area contributed by atoms with E-state index in [1.54, 1.807) is 0 Å². The summed E-state index contributed by atoms with van der Waals surface area (Å²) >= 11 is 1.92. The summed E-state index contributed by atoms with van der Waals surface area (Å²) in [6.07, 6.45) is 7.76. The van der Waals surface area contributed by atoms with Crippen LogP contribution in [0.5, 0.6) is 0 Å². The standard InChI is InChI=1S/C35H34NOS.C15H28O2.Ir/c1-20(2)17-30-21(3)26-13-10-14-28(34(26)38-30)32-22(4)25-15-16-36-31(33(25)37-32)24-18-23-11-8-9-12-27(23)29(19-24)35(5,6)7;1-7-14(5,8-2)12(16)11-13(17)15(6,9-3)10-4;/h8-16,19-20H,17H2,1-7H3;11,16H,7-10H2,1-6H3;/q-1;;/b;12-11-;. The van der Waals surface area contributed by atoms with Crippen LogP contribution in [0.2, 0.25) is 0 Å². The van der Waals surface area contributed by atoms with Gasteiger partial charge in [-0.1, -0.05) is 117 Å². The summed E-state index contributed by atoms with van der Waals surface area (Å²) in [5.74, 6) is 1.85. The molecule has 4 nitrogen and oxygen atoms in total.